The van der Waals surface area contributed by atoms with Crippen molar-refractivity contribution in [2.75, 3.05) is 5.88 Å². The smallest absolute Gasteiger partial charge is 0.171 e. The second kappa shape index (κ2) is 3.96. The van der Waals surface area contributed by atoms with E-state index in [-0.39, 0.29) is 12.3 Å². The van der Waals surface area contributed by atoms with E-state index in [1.807, 2.05) is 0 Å². The van der Waals surface area contributed by atoms with Crippen molar-refractivity contribution in [2.45, 2.75) is 32.1 Å². The van der Waals surface area contributed by atoms with E-state index in [1.165, 1.54) is 0 Å². The van der Waals surface area contributed by atoms with E-state index >= 15 is 0 Å². The van der Waals surface area contributed by atoms with Crippen molar-refractivity contribution in [1.82, 2.24) is 0 Å². The summed E-state index contributed by atoms with van der Waals surface area (Å²) in [6.45, 7) is 0.599. The van der Waals surface area contributed by atoms with Gasteiger partial charge in [-0.1, -0.05) is 6.92 Å². The van der Waals surface area contributed by atoms with E-state index in [0.29, 0.717) is 6.92 Å². The van der Waals surface area contributed by atoms with E-state index in [0.717, 1.165) is 0 Å². The van der Waals surface area contributed by atoms with Crippen LogP contribution >= 0.6 is 11.6 Å². The molecule has 0 bridgehead atoms. The molecule has 7 heteroatoms. The largest absolute Gasteiger partial charge is 0.395 e. The van der Waals surface area contributed by atoms with Crippen LogP contribution in [-0.2, 0) is 0 Å². The van der Waals surface area contributed by atoms with E-state index < -0.39 is 36.0 Å². The van der Waals surface area contributed by atoms with Crippen LogP contribution in [0, 0.1) is 17.3 Å². The molecular formula is C9H11ClF6. The van der Waals surface area contributed by atoms with Crippen LogP contribution in [0.1, 0.15) is 19.8 Å². The Hall–Kier alpha value is -0.130. The first-order chi connectivity index (χ1) is 7.07. The lowest BCUT2D eigenvalue weighted by Gasteiger charge is -2.29. The molecule has 1 aliphatic carbocycles. The second-order valence-electron chi connectivity index (χ2n) is 4.18. The number of alkyl halides is 7. The maximum absolute atomic E-state index is 12.7. The molecule has 3 unspecified atom stereocenters. The molecule has 0 radical (unpaired) electrons. The van der Waals surface area contributed by atoms with Crippen molar-refractivity contribution in [3.05, 3.63) is 0 Å². The Balaban J connectivity index is 2.93. The normalized spacial score (nSPS) is 32.6. The van der Waals surface area contributed by atoms with Gasteiger partial charge in [-0.05, 0) is 18.8 Å². The zero-order valence-corrected chi connectivity index (χ0v) is 9.18. The van der Waals surface area contributed by atoms with Gasteiger partial charge in [-0.2, -0.15) is 26.3 Å². The van der Waals surface area contributed by atoms with Crippen molar-refractivity contribution in [3.8, 4) is 0 Å². The third kappa shape index (κ3) is 2.13. The Kier molecular flexibility index (Phi) is 3.45. The van der Waals surface area contributed by atoms with Crippen molar-refractivity contribution < 1.29 is 26.3 Å². The van der Waals surface area contributed by atoms with Gasteiger partial charge in [0.25, 0.3) is 0 Å². The Labute approximate surface area is 93.9 Å². The number of halogens is 7. The van der Waals surface area contributed by atoms with Crippen molar-refractivity contribution in [3.63, 3.8) is 0 Å². The van der Waals surface area contributed by atoms with Gasteiger partial charge in [0.1, 0.15) is 0 Å². The number of rotatable bonds is 3. The van der Waals surface area contributed by atoms with Crippen molar-refractivity contribution in [1.29, 1.82) is 0 Å². The standard InChI is InChI=1S/C9H11ClF6/c1-5(8(11,12)13)7(9(14,15)16)4-6(7)2-3-10/h5-6H,2-4H2,1H3. The molecule has 1 fully saturated rings. The molecule has 0 spiro atoms. The van der Waals surface area contributed by atoms with Crippen molar-refractivity contribution >= 4 is 11.6 Å². The highest BCUT2D eigenvalue weighted by molar-refractivity contribution is 6.17. The number of hydrogen-bond donors (Lipinski definition) is 0. The molecule has 0 aliphatic heterocycles. The lowest BCUT2D eigenvalue weighted by Crippen LogP contribution is -2.40. The fourth-order valence-corrected chi connectivity index (χ4v) is 2.52. The Morgan fingerprint density at radius 3 is 2.06 bits per heavy atom. The Bertz CT molecular complexity index is 258. The summed E-state index contributed by atoms with van der Waals surface area (Å²) in [6.07, 6.45) is -10.1. The summed E-state index contributed by atoms with van der Waals surface area (Å²) < 4.78 is 75.3. The topological polar surface area (TPSA) is 0 Å². The SMILES string of the molecule is CC(C(F)(F)F)C1(C(F)(F)F)CC1CCCl. The Morgan fingerprint density at radius 1 is 1.25 bits per heavy atom. The first-order valence-corrected chi connectivity index (χ1v) is 5.30. The van der Waals surface area contributed by atoms with Gasteiger partial charge >= 0.3 is 12.4 Å². The van der Waals surface area contributed by atoms with Crippen LogP contribution in [0.25, 0.3) is 0 Å². The van der Waals surface area contributed by atoms with Crippen LogP contribution in [-0.4, -0.2) is 18.2 Å². The van der Waals surface area contributed by atoms with Crippen molar-refractivity contribution in [2.24, 2.45) is 17.3 Å². The summed E-state index contributed by atoms with van der Waals surface area (Å²) in [5.41, 5.74) is -2.61. The van der Waals surface area contributed by atoms with Gasteiger partial charge in [-0.25, -0.2) is 0 Å². The van der Waals surface area contributed by atoms with Crippen LogP contribution < -0.4 is 0 Å². The van der Waals surface area contributed by atoms with Gasteiger partial charge in [0.2, 0.25) is 0 Å². The molecule has 3 atom stereocenters. The van der Waals surface area contributed by atoms with E-state index in [4.69, 9.17) is 11.6 Å². The zero-order valence-electron chi connectivity index (χ0n) is 8.42. The average molecular weight is 269 g/mol. The molecule has 0 N–H and O–H groups in total. The summed E-state index contributed by atoms with van der Waals surface area (Å²) in [5.74, 6) is -3.41. The molecule has 0 aromatic heterocycles. The van der Waals surface area contributed by atoms with Gasteiger partial charge in [0.15, 0.2) is 0 Å². The monoisotopic (exact) mass is 268 g/mol. The molecular weight excluding hydrogens is 258 g/mol. The minimum absolute atomic E-state index is 0.0263. The summed E-state index contributed by atoms with van der Waals surface area (Å²) in [6, 6.07) is 0. The second-order valence-corrected chi connectivity index (χ2v) is 4.56. The van der Waals surface area contributed by atoms with Crippen LogP contribution in [0.4, 0.5) is 26.3 Å². The minimum atomic E-state index is -4.82. The molecule has 0 aromatic carbocycles. The molecule has 0 amide bonds. The first kappa shape index (κ1) is 13.9. The molecule has 0 saturated heterocycles. The molecule has 16 heavy (non-hydrogen) atoms. The van der Waals surface area contributed by atoms with Gasteiger partial charge in [0, 0.05) is 5.88 Å². The molecule has 1 aliphatic rings. The maximum Gasteiger partial charge on any atom is 0.395 e. The molecule has 1 rings (SSSR count). The van der Waals surface area contributed by atoms with Gasteiger partial charge < -0.3 is 0 Å². The molecule has 0 aromatic rings. The van der Waals surface area contributed by atoms with Gasteiger partial charge in [-0.3, -0.25) is 0 Å². The Morgan fingerprint density at radius 2 is 1.75 bits per heavy atom. The molecule has 1 saturated carbocycles. The lowest BCUT2D eigenvalue weighted by atomic mass is 9.86. The summed E-state index contributed by atoms with van der Waals surface area (Å²) in [5, 5.41) is 0. The maximum atomic E-state index is 12.7. The molecule has 0 heterocycles. The predicted molar refractivity (Wildman–Crippen MR) is 47.2 cm³/mol. The van der Waals surface area contributed by atoms with Crippen LogP contribution in [0.3, 0.4) is 0 Å². The van der Waals surface area contributed by atoms with Crippen LogP contribution in [0.5, 0.6) is 0 Å². The highest BCUT2D eigenvalue weighted by Gasteiger charge is 2.76. The fraction of sp³-hybridized carbons (Fsp3) is 1.00. The van der Waals surface area contributed by atoms with Crippen LogP contribution in [0.15, 0.2) is 0 Å². The third-order valence-corrected chi connectivity index (χ3v) is 3.62. The first-order valence-electron chi connectivity index (χ1n) is 4.76. The molecule has 0 nitrogen and oxygen atoms in total. The van der Waals surface area contributed by atoms with E-state index in [2.05, 4.69) is 0 Å². The average Bonchev–Trinajstić information content (AvgIpc) is 2.77. The summed E-state index contributed by atoms with van der Waals surface area (Å²) >= 11 is 5.28. The van der Waals surface area contributed by atoms with Crippen LogP contribution in [0.2, 0.25) is 0 Å². The minimum Gasteiger partial charge on any atom is -0.171 e. The van der Waals surface area contributed by atoms with E-state index in [1.54, 1.807) is 0 Å². The highest BCUT2D eigenvalue weighted by atomic mass is 35.5. The predicted octanol–water partition coefficient (Wildman–Crippen LogP) is 4.38. The third-order valence-electron chi connectivity index (χ3n) is 3.40. The molecule has 96 valence electrons. The fourth-order valence-electron chi connectivity index (χ4n) is 2.26. The van der Waals surface area contributed by atoms with Gasteiger partial charge in [-0.15, -0.1) is 11.6 Å². The quantitative estimate of drug-likeness (QED) is 0.526. The summed E-state index contributed by atoms with van der Waals surface area (Å²) in [7, 11) is 0. The zero-order chi connectivity index (χ0) is 12.8. The highest BCUT2D eigenvalue weighted by Crippen LogP contribution is 2.70. The van der Waals surface area contributed by atoms with Gasteiger partial charge in [0.05, 0.1) is 11.3 Å². The number of hydrogen-bond acceptors (Lipinski definition) is 0. The lowest BCUT2D eigenvalue weighted by molar-refractivity contribution is -0.265. The summed E-state index contributed by atoms with van der Waals surface area (Å²) in [4.78, 5) is 0. The van der Waals surface area contributed by atoms with E-state index in [9.17, 15) is 26.3 Å².